The summed E-state index contributed by atoms with van der Waals surface area (Å²) in [7, 11) is 4.14. The van der Waals surface area contributed by atoms with Crippen LogP contribution in [0.25, 0.3) is 0 Å². The van der Waals surface area contributed by atoms with Gasteiger partial charge in [-0.15, -0.1) is 0 Å². The molecule has 0 saturated carbocycles. The molecule has 0 fully saturated rings. The summed E-state index contributed by atoms with van der Waals surface area (Å²) in [4.78, 5) is 6.58. The van der Waals surface area contributed by atoms with E-state index in [0.717, 1.165) is 19.5 Å². The number of benzene rings is 1. The molecule has 0 spiro atoms. The van der Waals surface area contributed by atoms with E-state index < -0.39 is 0 Å². The van der Waals surface area contributed by atoms with Crippen LogP contribution in [0.4, 0.5) is 0 Å². The monoisotopic (exact) mass is 276 g/mol. The van der Waals surface area contributed by atoms with Gasteiger partial charge in [0.15, 0.2) is 5.96 Å². The zero-order valence-electron chi connectivity index (χ0n) is 13.2. The minimum Gasteiger partial charge on any atom is -0.370 e. The summed E-state index contributed by atoms with van der Waals surface area (Å²) in [5, 5.41) is 3.16. The summed E-state index contributed by atoms with van der Waals surface area (Å²) in [6.45, 7) is 6.84. The van der Waals surface area contributed by atoms with Crippen LogP contribution in [0.15, 0.2) is 29.3 Å². The van der Waals surface area contributed by atoms with Crippen molar-refractivity contribution in [3.63, 3.8) is 0 Å². The van der Waals surface area contributed by atoms with Crippen molar-refractivity contribution in [2.75, 3.05) is 20.6 Å². The van der Waals surface area contributed by atoms with Gasteiger partial charge in [0.25, 0.3) is 0 Å². The zero-order valence-corrected chi connectivity index (χ0v) is 13.2. The van der Waals surface area contributed by atoms with Crippen molar-refractivity contribution in [3.8, 4) is 0 Å². The first-order chi connectivity index (χ1) is 9.49. The van der Waals surface area contributed by atoms with E-state index in [9.17, 15) is 0 Å². The summed E-state index contributed by atoms with van der Waals surface area (Å²) in [5.74, 6) is 1.21. The largest absolute Gasteiger partial charge is 0.370 e. The second-order valence-corrected chi connectivity index (χ2v) is 5.82. The minimum absolute atomic E-state index is 0.533. The van der Waals surface area contributed by atoms with Crippen molar-refractivity contribution in [2.24, 2.45) is 16.6 Å². The maximum atomic E-state index is 5.89. The van der Waals surface area contributed by atoms with Crippen molar-refractivity contribution >= 4 is 5.96 Å². The number of hydrogen-bond donors (Lipinski definition) is 2. The number of guanidine groups is 1. The van der Waals surface area contributed by atoms with E-state index in [0.29, 0.717) is 18.4 Å². The predicted molar refractivity (Wildman–Crippen MR) is 86.6 cm³/mol. The fraction of sp³-hybridized carbons (Fsp3) is 0.562. The maximum absolute atomic E-state index is 5.89. The van der Waals surface area contributed by atoms with Crippen molar-refractivity contribution < 1.29 is 0 Å². The van der Waals surface area contributed by atoms with Gasteiger partial charge in [0, 0.05) is 13.1 Å². The Hall–Kier alpha value is -1.55. The number of hydrogen-bond acceptors (Lipinski definition) is 2. The van der Waals surface area contributed by atoms with Gasteiger partial charge in [-0.2, -0.15) is 0 Å². The Balaban J connectivity index is 2.55. The number of aliphatic imine (C=N–C) groups is 1. The van der Waals surface area contributed by atoms with Crippen LogP contribution in [0.1, 0.15) is 31.4 Å². The van der Waals surface area contributed by atoms with Crippen LogP contribution in [0.5, 0.6) is 0 Å². The Morgan fingerprint density at radius 3 is 2.50 bits per heavy atom. The fourth-order valence-corrected chi connectivity index (χ4v) is 1.92. The van der Waals surface area contributed by atoms with Crippen LogP contribution >= 0.6 is 0 Å². The van der Waals surface area contributed by atoms with Crippen molar-refractivity contribution in [1.82, 2.24) is 10.2 Å². The van der Waals surface area contributed by atoms with Gasteiger partial charge in [0.05, 0.1) is 6.54 Å². The molecule has 0 saturated heterocycles. The molecule has 0 amide bonds. The van der Waals surface area contributed by atoms with E-state index in [1.807, 2.05) is 6.07 Å². The maximum Gasteiger partial charge on any atom is 0.188 e. The van der Waals surface area contributed by atoms with E-state index in [1.165, 1.54) is 11.1 Å². The highest BCUT2D eigenvalue weighted by Crippen LogP contribution is 2.11. The van der Waals surface area contributed by atoms with E-state index in [4.69, 9.17) is 5.73 Å². The third-order valence-electron chi connectivity index (χ3n) is 3.05. The molecule has 0 aliphatic carbocycles. The van der Waals surface area contributed by atoms with Gasteiger partial charge in [-0.3, -0.25) is 0 Å². The predicted octanol–water partition coefficient (Wildman–Crippen LogP) is 2.20. The number of nitrogens with two attached hydrogens (primary N) is 1. The van der Waals surface area contributed by atoms with Crippen LogP contribution in [-0.2, 0) is 13.1 Å². The fourth-order valence-electron chi connectivity index (χ4n) is 1.92. The highest BCUT2D eigenvalue weighted by Gasteiger charge is 2.02. The molecule has 1 aromatic carbocycles. The highest BCUT2D eigenvalue weighted by atomic mass is 15.1. The highest BCUT2D eigenvalue weighted by molar-refractivity contribution is 5.77. The minimum atomic E-state index is 0.533. The lowest BCUT2D eigenvalue weighted by molar-refractivity contribution is 0.401. The SMILES string of the molecule is CC(C)CCNC(N)=NCc1ccccc1CN(C)C. The molecule has 0 bridgehead atoms. The average molecular weight is 276 g/mol. The molecule has 0 atom stereocenters. The first kappa shape index (κ1) is 16.5. The number of nitrogens with zero attached hydrogens (tertiary/aromatic N) is 2. The number of rotatable bonds is 7. The summed E-state index contributed by atoms with van der Waals surface area (Å²) >= 11 is 0. The summed E-state index contributed by atoms with van der Waals surface area (Å²) < 4.78 is 0. The van der Waals surface area contributed by atoms with E-state index in [2.05, 4.69) is 61.4 Å². The standard InChI is InChI=1S/C16H28N4/c1-13(2)9-10-18-16(17)19-11-14-7-5-6-8-15(14)12-20(3)4/h5-8,13H,9-12H2,1-4H3,(H3,17,18,19). The van der Waals surface area contributed by atoms with Crippen LogP contribution in [0.2, 0.25) is 0 Å². The molecular weight excluding hydrogens is 248 g/mol. The Bertz CT molecular complexity index is 424. The van der Waals surface area contributed by atoms with E-state index in [1.54, 1.807) is 0 Å². The van der Waals surface area contributed by atoms with Crippen molar-refractivity contribution in [3.05, 3.63) is 35.4 Å². The molecule has 0 radical (unpaired) electrons. The molecule has 0 aromatic heterocycles. The summed E-state index contributed by atoms with van der Waals surface area (Å²) in [6.07, 6.45) is 1.10. The molecule has 1 aromatic rings. The smallest absolute Gasteiger partial charge is 0.188 e. The Morgan fingerprint density at radius 1 is 1.25 bits per heavy atom. The molecule has 1 rings (SSSR count). The molecule has 0 aliphatic rings. The van der Waals surface area contributed by atoms with Crippen LogP contribution in [0, 0.1) is 5.92 Å². The molecule has 20 heavy (non-hydrogen) atoms. The first-order valence-electron chi connectivity index (χ1n) is 7.24. The van der Waals surface area contributed by atoms with Gasteiger partial charge in [-0.05, 0) is 37.6 Å². The molecular formula is C16H28N4. The quantitative estimate of drug-likeness (QED) is 0.593. The van der Waals surface area contributed by atoms with E-state index >= 15 is 0 Å². The molecule has 0 aliphatic heterocycles. The van der Waals surface area contributed by atoms with Crippen molar-refractivity contribution in [2.45, 2.75) is 33.4 Å². The second-order valence-electron chi connectivity index (χ2n) is 5.82. The topological polar surface area (TPSA) is 53.6 Å². The van der Waals surface area contributed by atoms with Gasteiger partial charge in [0.1, 0.15) is 0 Å². The average Bonchev–Trinajstić information content (AvgIpc) is 2.36. The third-order valence-corrected chi connectivity index (χ3v) is 3.05. The Labute approximate surface area is 123 Å². The lowest BCUT2D eigenvalue weighted by Gasteiger charge is -2.13. The van der Waals surface area contributed by atoms with E-state index in [-0.39, 0.29) is 0 Å². The van der Waals surface area contributed by atoms with Crippen molar-refractivity contribution in [1.29, 1.82) is 0 Å². The van der Waals surface area contributed by atoms with Gasteiger partial charge < -0.3 is 16.0 Å². The van der Waals surface area contributed by atoms with Gasteiger partial charge >= 0.3 is 0 Å². The first-order valence-corrected chi connectivity index (χ1v) is 7.24. The van der Waals surface area contributed by atoms with Gasteiger partial charge in [-0.25, -0.2) is 4.99 Å². The van der Waals surface area contributed by atoms with Crippen LogP contribution < -0.4 is 11.1 Å². The second kappa shape index (κ2) is 8.59. The summed E-state index contributed by atoms with van der Waals surface area (Å²) in [6, 6.07) is 8.37. The van der Waals surface area contributed by atoms with Gasteiger partial charge in [0.2, 0.25) is 0 Å². The molecule has 0 heterocycles. The van der Waals surface area contributed by atoms with Gasteiger partial charge in [-0.1, -0.05) is 38.1 Å². The molecule has 4 nitrogen and oxygen atoms in total. The lowest BCUT2D eigenvalue weighted by Crippen LogP contribution is -2.32. The Morgan fingerprint density at radius 2 is 1.90 bits per heavy atom. The molecule has 3 N–H and O–H groups in total. The zero-order chi connectivity index (χ0) is 15.0. The third kappa shape index (κ3) is 6.57. The van der Waals surface area contributed by atoms with Crippen LogP contribution in [-0.4, -0.2) is 31.5 Å². The van der Waals surface area contributed by atoms with Crippen LogP contribution in [0.3, 0.4) is 0 Å². The normalized spacial score (nSPS) is 12.2. The molecule has 112 valence electrons. The molecule has 4 heteroatoms. The Kier molecular flexibility index (Phi) is 7.09. The lowest BCUT2D eigenvalue weighted by atomic mass is 10.1. The summed E-state index contributed by atoms with van der Waals surface area (Å²) in [5.41, 5.74) is 8.42. The number of nitrogens with one attached hydrogen (secondary N) is 1. The molecule has 0 unspecified atom stereocenters.